The summed E-state index contributed by atoms with van der Waals surface area (Å²) in [6.45, 7) is 1.70. The first-order valence-corrected chi connectivity index (χ1v) is 4.97. The smallest absolute Gasteiger partial charge is 0.339 e. The molecular weight excluding hydrogens is 216 g/mol. The topological polar surface area (TPSA) is 46.5 Å². The summed E-state index contributed by atoms with van der Waals surface area (Å²) >= 11 is 5.90. The molecule has 0 aliphatic rings. The van der Waals surface area contributed by atoms with E-state index in [0.29, 0.717) is 17.0 Å². The van der Waals surface area contributed by atoms with Crippen molar-refractivity contribution in [1.82, 2.24) is 0 Å². The van der Waals surface area contributed by atoms with E-state index >= 15 is 0 Å². The van der Waals surface area contributed by atoms with Crippen LogP contribution in [0.1, 0.15) is 22.8 Å². The van der Waals surface area contributed by atoms with Crippen LogP contribution in [0, 0.1) is 0 Å². The van der Waals surface area contributed by atoms with Crippen LogP contribution < -0.4 is 0 Å². The van der Waals surface area contributed by atoms with Gasteiger partial charge in [0.1, 0.15) is 0 Å². The number of ether oxygens (including phenoxy) is 1. The normalized spacial score (nSPS) is 12.3. The molecular formula is C11H13ClO3. The van der Waals surface area contributed by atoms with Gasteiger partial charge in [0.05, 0.1) is 23.8 Å². The number of methoxy groups -OCH3 is 1. The Hall–Kier alpha value is -1.06. The van der Waals surface area contributed by atoms with E-state index in [1.165, 1.54) is 7.11 Å². The van der Waals surface area contributed by atoms with E-state index in [1.807, 2.05) is 0 Å². The summed E-state index contributed by atoms with van der Waals surface area (Å²) in [4.78, 5) is 11.2. The summed E-state index contributed by atoms with van der Waals surface area (Å²) in [7, 11) is 1.31. The van der Waals surface area contributed by atoms with Gasteiger partial charge in [0.25, 0.3) is 0 Å². The van der Waals surface area contributed by atoms with Gasteiger partial charge >= 0.3 is 5.97 Å². The maximum Gasteiger partial charge on any atom is 0.339 e. The SMILES string of the molecule is COC(=O)c1ccc(CC(C)O)cc1Cl. The predicted molar refractivity (Wildman–Crippen MR) is 58.2 cm³/mol. The molecule has 0 fully saturated rings. The van der Waals surface area contributed by atoms with Gasteiger partial charge in [-0.05, 0) is 31.0 Å². The van der Waals surface area contributed by atoms with Gasteiger partial charge < -0.3 is 9.84 Å². The number of benzene rings is 1. The van der Waals surface area contributed by atoms with E-state index in [2.05, 4.69) is 4.74 Å². The molecule has 0 aromatic heterocycles. The van der Waals surface area contributed by atoms with E-state index < -0.39 is 12.1 Å². The van der Waals surface area contributed by atoms with Crippen LogP contribution in [0.25, 0.3) is 0 Å². The van der Waals surface area contributed by atoms with Gasteiger partial charge in [-0.25, -0.2) is 4.79 Å². The van der Waals surface area contributed by atoms with Crippen molar-refractivity contribution in [2.24, 2.45) is 0 Å². The van der Waals surface area contributed by atoms with Crippen LogP contribution in [-0.2, 0) is 11.2 Å². The highest BCUT2D eigenvalue weighted by atomic mass is 35.5. The highest BCUT2D eigenvalue weighted by molar-refractivity contribution is 6.33. The second-order valence-corrected chi connectivity index (χ2v) is 3.77. The quantitative estimate of drug-likeness (QED) is 0.806. The number of hydrogen-bond acceptors (Lipinski definition) is 3. The summed E-state index contributed by atoms with van der Waals surface area (Å²) < 4.78 is 4.57. The van der Waals surface area contributed by atoms with Gasteiger partial charge in [-0.3, -0.25) is 0 Å². The minimum atomic E-state index is -0.455. The zero-order chi connectivity index (χ0) is 11.4. The van der Waals surface area contributed by atoms with Crippen molar-refractivity contribution in [1.29, 1.82) is 0 Å². The fourth-order valence-electron chi connectivity index (χ4n) is 1.30. The number of rotatable bonds is 3. The molecule has 15 heavy (non-hydrogen) atoms. The first-order valence-electron chi connectivity index (χ1n) is 4.59. The summed E-state index contributed by atoms with van der Waals surface area (Å²) in [5, 5.41) is 9.53. The Morgan fingerprint density at radius 1 is 1.60 bits per heavy atom. The average Bonchev–Trinajstić information content (AvgIpc) is 2.16. The third-order valence-electron chi connectivity index (χ3n) is 1.97. The summed E-state index contributed by atoms with van der Waals surface area (Å²) in [5.74, 6) is -0.455. The van der Waals surface area contributed by atoms with Gasteiger partial charge in [-0.15, -0.1) is 0 Å². The zero-order valence-electron chi connectivity index (χ0n) is 8.66. The van der Waals surface area contributed by atoms with Crippen LogP contribution >= 0.6 is 11.6 Å². The second kappa shape index (κ2) is 5.14. The zero-order valence-corrected chi connectivity index (χ0v) is 9.41. The minimum absolute atomic E-state index is 0.341. The second-order valence-electron chi connectivity index (χ2n) is 3.36. The van der Waals surface area contributed by atoms with Crippen LogP contribution in [0.5, 0.6) is 0 Å². The van der Waals surface area contributed by atoms with Gasteiger partial charge in [0.2, 0.25) is 0 Å². The summed E-state index contributed by atoms with van der Waals surface area (Å²) in [5.41, 5.74) is 1.23. The van der Waals surface area contributed by atoms with Crippen molar-refractivity contribution >= 4 is 17.6 Å². The molecule has 4 heteroatoms. The highest BCUT2D eigenvalue weighted by Gasteiger charge is 2.11. The molecule has 0 aliphatic carbocycles. The molecule has 1 aromatic rings. The maximum absolute atomic E-state index is 11.2. The molecule has 0 spiro atoms. The Labute approximate surface area is 93.6 Å². The lowest BCUT2D eigenvalue weighted by Gasteiger charge is -2.07. The van der Waals surface area contributed by atoms with E-state index in [0.717, 1.165) is 5.56 Å². The lowest BCUT2D eigenvalue weighted by Crippen LogP contribution is -2.06. The Bertz CT molecular complexity index is 361. The van der Waals surface area contributed by atoms with E-state index in [4.69, 9.17) is 11.6 Å². The minimum Gasteiger partial charge on any atom is -0.465 e. The highest BCUT2D eigenvalue weighted by Crippen LogP contribution is 2.19. The summed E-state index contributed by atoms with van der Waals surface area (Å²) in [6, 6.07) is 5.03. The third kappa shape index (κ3) is 3.22. The molecule has 82 valence electrons. The molecule has 1 N–H and O–H groups in total. The lowest BCUT2D eigenvalue weighted by molar-refractivity contribution is 0.0601. The van der Waals surface area contributed by atoms with Crippen molar-refractivity contribution in [2.75, 3.05) is 7.11 Å². The van der Waals surface area contributed by atoms with Crippen molar-refractivity contribution in [3.63, 3.8) is 0 Å². The van der Waals surface area contributed by atoms with E-state index in [9.17, 15) is 9.90 Å². The number of esters is 1. The maximum atomic E-state index is 11.2. The molecule has 0 amide bonds. The first kappa shape index (κ1) is 12.0. The molecule has 3 nitrogen and oxygen atoms in total. The first-order chi connectivity index (χ1) is 7.04. The number of aliphatic hydroxyl groups excluding tert-OH is 1. The van der Waals surface area contributed by atoms with Crippen LogP contribution in [0.3, 0.4) is 0 Å². The predicted octanol–water partition coefficient (Wildman–Crippen LogP) is 2.05. The number of hydrogen-bond donors (Lipinski definition) is 1. The standard InChI is InChI=1S/C11H13ClO3/c1-7(13)5-8-3-4-9(10(12)6-8)11(14)15-2/h3-4,6-7,13H,5H2,1-2H3. The number of aliphatic hydroxyl groups is 1. The van der Waals surface area contributed by atoms with E-state index in [-0.39, 0.29) is 0 Å². The molecule has 1 atom stereocenters. The molecule has 1 aromatic carbocycles. The van der Waals surface area contributed by atoms with Crippen molar-refractivity contribution < 1.29 is 14.6 Å². The number of halogens is 1. The lowest BCUT2D eigenvalue weighted by atomic mass is 10.1. The monoisotopic (exact) mass is 228 g/mol. The van der Waals surface area contributed by atoms with Crippen LogP contribution in [0.2, 0.25) is 5.02 Å². The van der Waals surface area contributed by atoms with Gasteiger partial charge in [-0.1, -0.05) is 17.7 Å². The number of carbonyl (C=O) groups is 1. The van der Waals surface area contributed by atoms with Crippen LogP contribution in [0.15, 0.2) is 18.2 Å². The molecule has 0 saturated carbocycles. The molecule has 1 rings (SSSR count). The fraction of sp³-hybridized carbons (Fsp3) is 0.364. The van der Waals surface area contributed by atoms with Crippen molar-refractivity contribution in [3.8, 4) is 0 Å². The van der Waals surface area contributed by atoms with Crippen molar-refractivity contribution in [3.05, 3.63) is 34.3 Å². The van der Waals surface area contributed by atoms with Gasteiger partial charge in [-0.2, -0.15) is 0 Å². The van der Waals surface area contributed by atoms with E-state index in [1.54, 1.807) is 25.1 Å². The Morgan fingerprint density at radius 2 is 2.27 bits per heavy atom. The number of carbonyl (C=O) groups excluding carboxylic acids is 1. The molecule has 0 aliphatic heterocycles. The molecule has 0 heterocycles. The third-order valence-corrected chi connectivity index (χ3v) is 2.28. The van der Waals surface area contributed by atoms with Gasteiger partial charge in [0, 0.05) is 0 Å². The average molecular weight is 229 g/mol. The Kier molecular flexibility index (Phi) is 4.12. The fourth-order valence-corrected chi connectivity index (χ4v) is 1.58. The largest absolute Gasteiger partial charge is 0.465 e. The summed E-state index contributed by atoms with van der Waals surface area (Å²) in [6.07, 6.45) is 0.0892. The molecule has 1 unspecified atom stereocenters. The Morgan fingerprint density at radius 3 is 2.73 bits per heavy atom. The molecule has 0 radical (unpaired) electrons. The molecule has 0 bridgehead atoms. The van der Waals surface area contributed by atoms with Crippen LogP contribution in [-0.4, -0.2) is 24.3 Å². The Balaban J connectivity index is 2.93. The van der Waals surface area contributed by atoms with Crippen LogP contribution in [0.4, 0.5) is 0 Å². The van der Waals surface area contributed by atoms with Gasteiger partial charge in [0.15, 0.2) is 0 Å². The van der Waals surface area contributed by atoms with Crippen molar-refractivity contribution in [2.45, 2.75) is 19.4 Å². The molecule has 0 saturated heterocycles.